The second kappa shape index (κ2) is 2.26. The van der Waals surface area contributed by atoms with Crippen LogP contribution in [0.4, 0.5) is 4.39 Å². The van der Waals surface area contributed by atoms with Crippen LogP contribution in [0.3, 0.4) is 0 Å². The third-order valence-corrected chi connectivity index (χ3v) is 1.84. The van der Waals surface area contributed by atoms with E-state index in [0.29, 0.717) is 12.4 Å². The highest BCUT2D eigenvalue weighted by Crippen LogP contribution is 2.22. The Hall–Kier alpha value is -0.985. The molecule has 0 unspecified atom stereocenters. The summed E-state index contributed by atoms with van der Waals surface area (Å²) in [4.78, 5) is 0. The maximum atomic E-state index is 12.8. The molecular weight excluding hydrogens is 142 g/mol. The zero-order valence-corrected chi connectivity index (χ0v) is 5.93. The monoisotopic (exact) mass is 148 g/mol. The Morgan fingerprint density at radius 1 is 1.45 bits per heavy atom. The maximum absolute atomic E-state index is 12.8. The van der Waals surface area contributed by atoms with E-state index in [-0.39, 0.29) is 5.46 Å². The standard InChI is InChI=1S/C8H6BFO/c9-7-6(10)2-1-5-3-4-11-8(5)7/h1-2H,3-4H2. The van der Waals surface area contributed by atoms with E-state index in [4.69, 9.17) is 12.6 Å². The molecule has 0 saturated carbocycles. The molecule has 0 fully saturated rings. The van der Waals surface area contributed by atoms with Crippen molar-refractivity contribution in [3.8, 4) is 5.75 Å². The van der Waals surface area contributed by atoms with Gasteiger partial charge in [-0.05, 0) is 17.1 Å². The molecule has 0 N–H and O–H groups in total. The predicted molar refractivity (Wildman–Crippen MR) is 41.0 cm³/mol. The summed E-state index contributed by atoms with van der Waals surface area (Å²) in [6.45, 7) is 0.614. The van der Waals surface area contributed by atoms with Gasteiger partial charge in [-0.2, -0.15) is 0 Å². The second-order valence-corrected chi connectivity index (χ2v) is 2.55. The van der Waals surface area contributed by atoms with Crippen LogP contribution in [0, 0.1) is 5.82 Å². The lowest BCUT2D eigenvalue weighted by atomic mass is 9.92. The number of benzene rings is 1. The highest BCUT2D eigenvalue weighted by Gasteiger charge is 2.15. The molecule has 1 aromatic carbocycles. The molecule has 3 heteroatoms. The van der Waals surface area contributed by atoms with Crippen molar-refractivity contribution in [1.29, 1.82) is 0 Å². The normalized spacial score (nSPS) is 14.3. The van der Waals surface area contributed by atoms with Crippen molar-refractivity contribution in [2.45, 2.75) is 6.42 Å². The van der Waals surface area contributed by atoms with Crippen molar-refractivity contribution in [1.82, 2.24) is 0 Å². The lowest BCUT2D eigenvalue weighted by molar-refractivity contribution is 0.358. The highest BCUT2D eigenvalue weighted by molar-refractivity contribution is 6.34. The zero-order valence-electron chi connectivity index (χ0n) is 5.93. The Kier molecular flexibility index (Phi) is 1.38. The van der Waals surface area contributed by atoms with E-state index in [2.05, 4.69) is 0 Å². The average molecular weight is 148 g/mol. The number of hydrogen-bond donors (Lipinski definition) is 0. The van der Waals surface area contributed by atoms with Crippen LogP contribution in [0.1, 0.15) is 5.56 Å². The first-order valence-electron chi connectivity index (χ1n) is 3.48. The van der Waals surface area contributed by atoms with Crippen molar-refractivity contribution in [2.24, 2.45) is 0 Å². The number of hydrogen-bond acceptors (Lipinski definition) is 1. The van der Waals surface area contributed by atoms with Gasteiger partial charge in [0.1, 0.15) is 19.4 Å². The van der Waals surface area contributed by atoms with E-state index in [1.54, 1.807) is 6.07 Å². The van der Waals surface area contributed by atoms with Gasteiger partial charge in [-0.3, -0.25) is 0 Å². The lowest BCUT2D eigenvalue weighted by Crippen LogP contribution is -2.11. The van der Waals surface area contributed by atoms with Gasteiger partial charge in [0.2, 0.25) is 0 Å². The zero-order chi connectivity index (χ0) is 7.84. The number of halogens is 1. The van der Waals surface area contributed by atoms with Crippen molar-refractivity contribution >= 4 is 13.3 Å². The van der Waals surface area contributed by atoms with E-state index >= 15 is 0 Å². The number of ether oxygens (including phenoxy) is 1. The van der Waals surface area contributed by atoms with Crippen molar-refractivity contribution < 1.29 is 9.13 Å². The molecule has 1 nitrogen and oxygen atoms in total. The molecule has 2 radical (unpaired) electrons. The van der Waals surface area contributed by atoms with Crippen molar-refractivity contribution in [3.05, 3.63) is 23.5 Å². The summed E-state index contributed by atoms with van der Waals surface area (Å²) in [5.74, 6) is 0.135. The third-order valence-electron chi connectivity index (χ3n) is 1.84. The molecule has 0 atom stereocenters. The van der Waals surface area contributed by atoms with Crippen LogP contribution in [0.5, 0.6) is 5.75 Å². The van der Waals surface area contributed by atoms with Gasteiger partial charge in [0.05, 0.1) is 6.61 Å². The molecule has 2 rings (SSSR count). The molecule has 1 aliphatic rings. The summed E-state index contributed by atoms with van der Waals surface area (Å²) in [7, 11) is 5.43. The molecule has 1 heterocycles. The first-order chi connectivity index (χ1) is 5.29. The van der Waals surface area contributed by atoms with Crippen LogP contribution in [-0.4, -0.2) is 14.5 Å². The average Bonchev–Trinajstić information content (AvgIpc) is 2.45. The molecule has 0 saturated heterocycles. The van der Waals surface area contributed by atoms with Gasteiger partial charge >= 0.3 is 0 Å². The van der Waals surface area contributed by atoms with Gasteiger partial charge in [0, 0.05) is 6.42 Å². The van der Waals surface area contributed by atoms with E-state index in [0.717, 1.165) is 12.0 Å². The maximum Gasteiger partial charge on any atom is 0.123 e. The van der Waals surface area contributed by atoms with Gasteiger partial charge in [0.25, 0.3) is 0 Å². The van der Waals surface area contributed by atoms with Gasteiger partial charge in [-0.25, -0.2) is 4.39 Å². The van der Waals surface area contributed by atoms with Gasteiger partial charge in [-0.15, -0.1) is 0 Å². The quantitative estimate of drug-likeness (QED) is 0.488. The van der Waals surface area contributed by atoms with Gasteiger partial charge in [-0.1, -0.05) is 6.07 Å². The van der Waals surface area contributed by atoms with Crippen LogP contribution >= 0.6 is 0 Å². The molecule has 0 bridgehead atoms. The summed E-state index contributed by atoms with van der Waals surface area (Å²) < 4.78 is 17.9. The lowest BCUT2D eigenvalue weighted by Gasteiger charge is -2.03. The van der Waals surface area contributed by atoms with Crippen LogP contribution in [-0.2, 0) is 6.42 Å². The molecule has 0 aliphatic carbocycles. The molecule has 0 aromatic heterocycles. The van der Waals surface area contributed by atoms with Crippen molar-refractivity contribution in [2.75, 3.05) is 6.61 Å². The molecule has 11 heavy (non-hydrogen) atoms. The number of rotatable bonds is 0. The van der Waals surface area contributed by atoms with Crippen LogP contribution in [0.2, 0.25) is 0 Å². The fraction of sp³-hybridized carbons (Fsp3) is 0.250. The minimum atomic E-state index is -0.398. The molecule has 54 valence electrons. The first kappa shape index (κ1) is 6.71. The van der Waals surface area contributed by atoms with Crippen molar-refractivity contribution in [3.63, 3.8) is 0 Å². The summed E-state index contributed by atoms with van der Waals surface area (Å²) in [6, 6.07) is 3.09. The van der Waals surface area contributed by atoms with Gasteiger partial charge < -0.3 is 4.74 Å². The summed E-state index contributed by atoms with van der Waals surface area (Å²) >= 11 is 0. The van der Waals surface area contributed by atoms with Crippen LogP contribution in [0.25, 0.3) is 0 Å². The highest BCUT2D eigenvalue weighted by atomic mass is 19.1. The minimum Gasteiger partial charge on any atom is -0.493 e. The Morgan fingerprint density at radius 2 is 2.27 bits per heavy atom. The predicted octanol–water partition coefficient (Wildman–Crippen LogP) is 0.554. The van der Waals surface area contributed by atoms with E-state index in [1.807, 2.05) is 0 Å². The topological polar surface area (TPSA) is 9.23 Å². The molecule has 0 spiro atoms. The first-order valence-corrected chi connectivity index (χ1v) is 3.48. The Morgan fingerprint density at radius 3 is 3.09 bits per heavy atom. The van der Waals surface area contributed by atoms with E-state index in [9.17, 15) is 4.39 Å². The molecular formula is C8H6BFO. The van der Waals surface area contributed by atoms with Crippen LogP contribution in [0.15, 0.2) is 12.1 Å². The second-order valence-electron chi connectivity index (χ2n) is 2.55. The molecule has 1 aromatic rings. The number of fused-ring (bicyclic) bond motifs is 1. The summed E-state index contributed by atoms with van der Waals surface area (Å²) in [5, 5.41) is 0. The summed E-state index contributed by atoms with van der Waals surface area (Å²) in [6.07, 6.45) is 0.833. The Balaban J connectivity index is 2.62. The Labute approximate surface area is 65.6 Å². The molecule has 1 aliphatic heterocycles. The largest absolute Gasteiger partial charge is 0.493 e. The van der Waals surface area contributed by atoms with E-state index < -0.39 is 5.82 Å². The third kappa shape index (κ3) is 0.915. The smallest absolute Gasteiger partial charge is 0.123 e. The fourth-order valence-electron chi connectivity index (χ4n) is 1.25. The van der Waals surface area contributed by atoms with E-state index in [1.165, 1.54) is 6.07 Å². The summed E-state index contributed by atoms with van der Waals surface area (Å²) in [5.41, 5.74) is 1.14. The minimum absolute atomic E-state index is 0.139. The SMILES string of the molecule is [B]c1c(F)ccc2c1OCC2. The van der Waals surface area contributed by atoms with Gasteiger partial charge in [0.15, 0.2) is 0 Å². The molecule has 0 amide bonds. The fourth-order valence-corrected chi connectivity index (χ4v) is 1.25. The van der Waals surface area contributed by atoms with Crippen LogP contribution < -0.4 is 10.2 Å². The Bertz CT molecular complexity index is 298.